The Morgan fingerprint density at radius 1 is 1.00 bits per heavy atom. The third kappa shape index (κ3) is 3.66. The first kappa shape index (κ1) is 13.9. The van der Waals surface area contributed by atoms with Gasteiger partial charge < -0.3 is 5.73 Å². The molecule has 1 aromatic rings. The van der Waals surface area contributed by atoms with Crippen LogP contribution in [-0.4, -0.2) is 6.04 Å². The Bertz CT molecular complexity index is 366. The van der Waals surface area contributed by atoms with Crippen LogP contribution in [0.5, 0.6) is 0 Å². The van der Waals surface area contributed by atoms with Crippen LogP contribution in [0, 0.1) is 0 Å². The average Bonchev–Trinajstić information content (AvgIpc) is 2.14. The van der Waals surface area contributed by atoms with Crippen LogP contribution >= 0.6 is 0 Å². The normalized spacial score (nSPS) is 14.8. The third-order valence-electron chi connectivity index (χ3n) is 2.21. The van der Waals surface area contributed by atoms with E-state index >= 15 is 0 Å². The minimum absolute atomic E-state index is 0.456. The zero-order valence-corrected chi connectivity index (χ0v) is 9.06. The first-order chi connectivity index (χ1) is 7.63. The molecule has 0 aromatic heterocycles. The fourth-order valence-corrected chi connectivity index (χ4v) is 1.43. The summed E-state index contributed by atoms with van der Waals surface area (Å²) in [6.45, 7) is 1.41. The van der Waals surface area contributed by atoms with Crippen LogP contribution in [0.25, 0.3) is 0 Å². The van der Waals surface area contributed by atoms with Crippen molar-refractivity contribution in [1.29, 1.82) is 0 Å². The van der Waals surface area contributed by atoms with Gasteiger partial charge in [0.1, 0.15) is 0 Å². The predicted molar refractivity (Wildman–Crippen MR) is 53.6 cm³/mol. The topological polar surface area (TPSA) is 26.0 Å². The average molecular weight is 253 g/mol. The van der Waals surface area contributed by atoms with Crippen LogP contribution in [0.1, 0.15) is 24.5 Å². The van der Waals surface area contributed by atoms with Crippen LogP contribution in [0.2, 0.25) is 0 Å². The molecule has 17 heavy (non-hydrogen) atoms. The zero-order chi connectivity index (χ0) is 13.3. The van der Waals surface area contributed by atoms with Crippen LogP contribution in [0.3, 0.4) is 0 Å². The summed E-state index contributed by atoms with van der Waals surface area (Å²) >= 11 is 0. The Morgan fingerprint density at radius 2 is 1.41 bits per heavy atom. The molecule has 0 spiro atoms. The maximum Gasteiger partial charge on any atom is 0.416 e. The molecular weight excluding hydrogens is 241 g/mol. The first-order valence-electron chi connectivity index (χ1n) is 4.94. The van der Waals surface area contributed by atoms with E-state index in [1.54, 1.807) is 0 Å². The van der Waals surface area contributed by atoms with Gasteiger partial charge in [0.05, 0.1) is 5.56 Å². The molecule has 1 unspecified atom stereocenters. The van der Waals surface area contributed by atoms with Gasteiger partial charge in [-0.1, -0.05) is 12.1 Å². The van der Waals surface area contributed by atoms with Gasteiger partial charge in [0.25, 0.3) is 5.92 Å². The highest BCUT2D eigenvalue weighted by Crippen LogP contribution is 2.35. The molecule has 0 fully saturated rings. The number of alkyl halides is 5. The van der Waals surface area contributed by atoms with Crippen LogP contribution < -0.4 is 5.73 Å². The summed E-state index contributed by atoms with van der Waals surface area (Å²) in [5.74, 6) is -3.21. The molecule has 1 atom stereocenters. The highest BCUT2D eigenvalue weighted by molar-refractivity contribution is 5.27. The first-order valence-corrected chi connectivity index (χ1v) is 4.94. The number of hydrogen-bond donors (Lipinski definition) is 1. The minimum atomic E-state index is -4.52. The Hall–Kier alpha value is -1.17. The highest BCUT2D eigenvalue weighted by Gasteiger charge is 2.35. The van der Waals surface area contributed by atoms with Gasteiger partial charge >= 0.3 is 6.18 Å². The molecule has 1 rings (SSSR count). The van der Waals surface area contributed by atoms with E-state index < -0.39 is 35.7 Å². The lowest BCUT2D eigenvalue weighted by Gasteiger charge is -2.19. The molecule has 1 aromatic carbocycles. The molecule has 0 heterocycles. The van der Waals surface area contributed by atoms with Gasteiger partial charge in [0.15, 0.2) is 0 Å². The fourth-order valence-electron chi connectivity index (χ4n) is 1.43. The second-order valence-corrected chi connectivity index (χ2v) is 3.96. The smallest absolute Gasteiger partial charge is 0.328 e. The highest BCUT2D eigenvalue weighted by atomic mass is 19.4. The van der Waals surface area contributed by atoms with E-state index in [-0.39, 0.29) is 0 Å². The van der Waals surface area contributed by atoms with Gasteiger partial charge in [0, 0.05) is 18.0 Å². The molecule has 0 saturated carbocycles. The lowest BCUT2D eigenvalue weighted by Crippen LogP contribution is -2.26. The molecule has 0 amide bonds. The molecule has 1 nitrogen and oxygen atoms in total. The van der Waals surface area contributed by atoms with E-state index in [2.05, 4.69) is 0 Å². The predicted octanol–water partition coefficient (Wildman–Crippen LogP) is 3.53. The Kier molecular flexibility index (Phi) is 3.76. The molecule has 0 aliphatic rings. The summed E-state index contributed by atoms with van der Waals surface area (Å²) in [6.07, 6.45) is -5.12. The van der Waals surface area contributed by atoms with Crippen molar-refractivity contribution >= 4 is 0 Å². The summed E-state index contributed by atoms with van der Waals surface area (Å²) in [4.78, 5) is 0. The van der Waals surface area contributed by atoms with E-state index in [0.29, 0.717) is 12.1 Å². The minimum Gasteiger partial charge on any atom is -0.328 e. The molecule has 0 bridgehead atoms. The van der Waals surface area contributed by atoms with Crippen molar-refractivity contribution in [3.8, 4) is 0 Å². The number of nitrogens with two attached hydrogens (primary N) is 1. The molecule has 0 radical (unpaired) electrons. The maximum atomic E-state index is 13.5. The summed E-state index contributed by atoms with van der Waals surface area (Å²) in [7, 11) is 0. The molecule has 2 N–H and O–H groups in total. The van der Waals surface area contributed by atoms with Crippen molar-refractivity contribution in [2.45, 2.75) is 31.5 Å². The number of rotatable bonds is 3. The second kappa shape index (κ2) is 4.60. The van der Waals surface area contributed by atoms with Gasteiger partial charge in [-0.2, -0.15) is 13.2 Å². The van der Waals surface area contributed by atoms with Crippen molar-refractivity contribution in [1.82, 2.24) is 0 Å². The molecule has 6 heteroatoms. The quantitative estimate of drug-likeness (QED) is 0.819. The SMILES string of the molecule is CC(N)CC(F)(F)c1ccc(C(F)(F)F)cc1. The Morgan fingerprint density at radius 3 is 1.76 bits per heavy atom. The van der Waals surface area contributed by atoms with Crippen molar-refractivity contribution in [2.24, 2.45) is 5.73 Å². The van der Waals surface area contributed by atoms with E-state index in [9.17, 15) is 22.0 Å². The van der Waals surface area contributed by atoms with Gasteiger partial charge in [-0.3, -0.25) is 0 Å². The fraction of sp³-hybridized carbons (Fsp3) is 0.455. The van der Waals surface area contributed by atoms with E-state index in [0.717, 1.165) is 12.1 Å². The number of benzene rings is 1. The van der Waals surface area contributed by atoms with E-state index in [4.69, 9.17) is 5.73 Å². The van der Waals surface area contributed by atoms with Crippen LogP contribution in [0.4, 0.5) is 22.0 Å². The van der Waals surface area contributed by atoms with E-state index in [1.165, 1.54) is 6.92 Å². The van der Waals surface area contributed by atoms with Crippen molar-refractivity contribution in [2.75, 3.05) is 0 Å². The van der Waals surface area contributed by atoms with Crippen molar-refractivity contribution in [3.63, 3.8) is 0 Å². The molecule has 0 saturated heterocycles. The lowest BCUT2D eigenvalue weighted by molar-refractivity contribution is -0.137. The monoisotopic (exact) mass is 253 g/mol. The van der Waals surface area contributed by atoms with Gasteiger partial charge in [0.2, 0.25) is 0 Å². The largest absolute Gasteiger partial charge is 0.416 e. The van der Waals surface area contributed by atoms with Gasteiger partial charge in [-0.05, 0) is 19.1 Å². The third-order valence-corrected chi connectivity index (χ3v) is 2.21. The van der Waals surface area contributed by atoms with Crippen molar-refractivity contribution < 1.29 is 22.0 Å². The zero-order valence-electron chi connectivity index (χ0n) is 9.06. The summed E-state index contributed by atoms with van der Waals surface area (Å²) in [6, 6.07) is 2.12. The number of hydrogen-bond acceptors (Lipinski definition) is 1. The lowest BCUT2D eigenvalue weighted by atomic mass is 10.0. The van der Waals surface area contributed by atoms with Crippen LogP contribution in [0.15, 0.2) is 24.3 Å². The molecule has 0 aliphatic heterocycles. The Labute approximate surface area is 95.4 Å². The standard InChI is InChI=1S/C11H12F5N/c1-7(17)6-10(12,13)8-2-4-9(5-3-8)11(14,15)16/h2-5,7H,6,17H2,1H3. The molecular formula is C11H12F5N. The van der Waals surface area contributed by atoms with Gasteiger partial charge in [-0.15, -0.1) is 0 Å². The second-order valence-electron chi connectivity index (χ2n) is 3.96. The molecule has 0 aliphatic carbocycles. The Balaban J connectivity index is 2.94. The summed E-state index contributed by atoms with van der Waals surface area (Å²) < 4.78 is 63.6. The summed E-state index contributed by atoms with van der Waals surface area (Å²) in [5, 5.41) is 0. The molecule has 96 valence electrons. The van der Waals surface area contributed by atoms with E-state index in [1.807, 2.05) is 0 Å². The van der Waals surface area contributed by atoms with Gasteiger partial charge in [-0.25, -0.2) is 8.78 Å². The number of halogens is 5. The maximum absolute atomic E-state index is 13.5. The summed E-state index contributed by atoms with van der Waals surface area (Å²) in [5.41, 5.74) is 3.85. The van der Waals surface area contributed by atoms with Crippen molar-refractivity contribution in [3.05, 3.63) is 35.4 Å². The van der Waals surface area contributed by atoms with Crippen LogP contribution in [-0.2, 0) is 12.1 Å².